The summed E-state index contributed by atoms with van der Waals surface area (Å²) in [5.41, 5.74) is 0.356. The van der Waals surface area contributed by atoms with Crippen LogP contribution in [-0.2, 0) is 4.79 Å². The molecule has 4 aliphatic carbocycles. The molecule has 3 heteroatoms. The van der Waals surface area contributed by atoms with Crippen molar-refractivity contribution in [3.63, 3.8) is 0 Å². The summed E-state index contributed by atoms with van der Waals surface area (Å²) in [6, 6.07) is 2.25. The van der Waals surface area contributed by atoms with Gasteiger partial charge in [-0.25, -0.2) is 0 Å². The summed E-state index contributed by atoms with van der Waals surface area (Å²) in [6.07, 6.45) is 9.23. The summed E-state index contributed by atoms with van der Waals surface area (Å²) in [5.74, 6) is 2.65. The van der Waals surface area contributed by atoms with Crippen LogP contribution in [0, 0.1) is 34.5 Å². The molecule has 1 amide bonds. The number of hydrogen-bond acceptors (Lipinski definition) is 2. The summed E-state index contributed by atoms with van der Waals surface area (Å²) in [4.78, 5) is 11.8. The quantitative estimate of drug-likeness (QED) is 0.844. The van der Waals surface area contributed by atoms with E-state index in [1.807, 2.05) is 6.07 Å². The van der Waals surface area contributed by atoms with Crippen molar-refractivity contribution in [1.29, 1.82) is 5.26 Å². The van der Waals surface area contributed by atoms with E-state index in [-0.39, 0.29) is 12.3 Å². The van der Waals surface area contributed by atoms with Gasteiger partial charge in [0.25, 0.3) is 0 Å². The topological polar surface area (TPSA) is 52.9 Å². The van der Waals surface area contributed by atoms with Gasteiger partial charge in [-0.1, -0.05) is 6.92 Å². The van der Waals surface area contributed by atoms with Crippen LogP contribution in [0.15, 0.2) is 0 Å². The molecule has 1 N–H and O–H groups in total. The van der Waals surface area contributed by atoms with Crippen LogP contribution >= 0.6 is 0 Å². The summed E-state index contributed by atoms with van der Waals surface area (Å²) in [5, 5.41) is 11.8. The lowest BCUT2D eigenvalue weighted by molar-refractivity contribution is -0.125. The number of carbonyl (C=O) groups excluding carboxylic acids is 1. The number of hydrogen-bond donors (Lipinski definition) is 1. The largest absolute Gasteiger partial charge is 0.352 e. The van der Waals surface area contributed by atoms with E-state index >= 15 is 0 Å². The highest BCUT2D eigenvalue weighted by Gasteiger charge is 2.53. The van der Waals surface area contributed by atoms with Crippen molar-refractivity contribution in [2.45, 2.75) is 64.3 Å². The molecule has 104 valence electrons. The molecular weight excluding hydrogens is 236 g/mol. The average Bonchev–Trinajstić information content (AvgIpc) is 2.34. The molecule has 0 saturated heterocycles. The first kappa shape index (κ1) is 13.0. The third-order valence-electron chi connectivity index (χ3n) is 5.81. The first-order chi connectivity index (χ1) is 9.15. The summed E-state index contributed by atoms with van der Waals surface area (Å²) in [6.45, 7) is 2.18. The van der Waals surface area contributed by atoms with Crippen LogP contribution in [0.25, 0.3) is 0 Å². The van der Waals surface area contributed by atoms with Crippen LogP contribution in [0.2, 0.25) is 0 Å². The zero-order valence-electron chi connectivity index (χ0n) is 11.8. The zero-order chi connectivity index (χ0) is 13.5. The van der Waals surface area contributed by atoms with E-state index in [0.717, 1.165) is 24.2 Å². The zero-order valence-corrected chi connectivity index (χ0v) is 11.8. The highest BCUT2D eigenvalue weighted by Crippen LogP contribution is 2.61. The van der Waals surface area contributed by atoms with Gasteiger partial charge in [0.2, 0.25) is 5.91 Å². The van der Waals surface area contributed by atoms with Crippen LogP contribution in [-0.4, -0.2) is 11.9 Å². The Kier molecular flexibility index (Phi) is 3.28. The monoisotopic (exact) mass is 260 g/mol. The van der Waals surface area contributed by atoms with Gasteiger partial charge in [0.15, 0.2) is 0 Å². The van der Waals surface area contributed by atoms with Gasteiger partial charge in [0.1, 0.15) is 6.42 Å². The minimum atomic E-state index is -0.0786. The third kappa shape index (κ3) is 2.26. The van der Waals surface area contributed by atoms with Gasteiger partial charge in [0.05, 0.1) is 6.07 Å². The fraction of sp³-hybridized carbons (Fsp3) is 0.875. The van der Waals surface area contributed by atoms with Crippen LogP contribution < -0.4 is 5.32 Å². The SMILES string of the molecule is CCC(NC(=O)CC#N)C12CC3CC(CC(C3)C1)C2. The lowest BCUT2D eigenvalue weighted by atomic mass is 9.47. The predicted molar refractivity (Wildman–Crippen MR) is 73.1 cm³/mol. The van der Waals surface area contributed by atoms with E-state index in [1.54, 1.807) is 0 Å². The fourth-order valence-corrected chi connectivity index (χ4v) is 5.61. The molecule has 0 aromatic rings. The molecule has 3 nitrogen and oxygen atoms in total. The molecule has 4 rings (SSSR count). The van der Waals surface area contributed by atoms with Crippen molar-refractivity contribution in [3.05, 3.63) is 0 Å². The molecular formula is C16H24N2O. The Labute approximate surface area is 115 Å². The number of nitriles is 1. The molecule has 4 aliphatic rings. The van der Waals surface area contributed by atoms with Gasteiger partial charge in [-0.15, -0.1) is 0 Å². The minimum Gasteiger partial charge on any atom is -0.352 e. The predicted octanol–water partition coefficient (Wildman–Crippen LogP) is 3.01. The Balaban J connectivity index is 1.75. The summed E-state index contributed by atoms with van der Waals surface area (Å²) >= 11 is 0. The van der Waals surface area contributed by atoms with Gasteiger partial charge in [0, 0.05) is 6.04 Å². The van der Waals surface area contributed by atoms with Crippen molar-refractivity contribution < 1.29 is 4.79 Å². The minimum absolute atomic E-state index is 0.00284. The first-order valence-corrected chi connectivity index (χ1v) is 7.81. The van der Waals surface area contributed by atoms with Crippen LogP contribution in [0.5, 0.6) is 0 Å². The van der Waals surface area contributed by atoms with Gasteiger partial charge in [-0.2, -0.15) is 5.26 Å². The Morgan fingerprint density at radius 2 is 1.79 bits per heavy atom. The standard InChI is InChI=1S/C16H24N2O/c1-2-14(18-15(19)3-4-17)16-8-11-5-12(9-16)7-13(6-11)10-16/h11-14H,2-3,5-10H2,1H3,(H,18,19). The van der Waals surface area contributed by atoms with E-state index in [2.05, 4.69) is 12.2 Å². The number of nitrogens with one attached hydrogen (secondary N) is 1. The maximum atomic E-state index is 11.8. The highest BCUT2D eigenvalue weighted by molar-refractivity contribution is 5.78. The molecule has 19 heavy (non-hydrogen) atoms. The molecule has 1 unspecified atom stereocenters. The van der Waals surface area contributed by atoms with Gasteiger partial charge in [-0.3, -0.25) is 4.79 Å². The number of rotatable bonds is 4. The molecule has 0 aromatic heterocycles. The van der Waals surface area contributed by atoms with Crippen LogP contribution in [0.1, 0.15) is 58.3 Å². The van der Waals surface area contributed by atoms with E-state index in [0.29, 0.717) is 11.5 Å². The average molecular weight is 260 g/mol. The van der Waals surface area contributed by atoms with Crippen molar-refractivity contribution in [1.82, 2.24) is 5.32 Å². The molecule has 0 radical (unpaired) electrons. The fourth-order valence-electron chi connectivity index (χ4n) is 5.61. The lowest BCUT2D eigenvalue weighted by Gasteiger charge is -2.59. The number of amides is 1. The van der Waals surface area contributed by atoms with Gasteiger partial charge < -0.3 is 5.32 Å². The van der Waals surface area contributed by atoms with Crippen molar-refractivity contribution in [2.75, 3.05) is 0 Å². The second kappa shape index (κ2) is 4.81. The third-order valence-corrected chi connectivity index (χ3v) is 5.81. The molecule has 4 fully saturated rings. The highest BCUT2D eigenvalue weighted by atomic mass is 16.1. The van der Waals surface area contributed by atoms with Crippen LogP contribution in [0.4, 0.5) is 0 Å². The maximum absolute atomic E-state index is 11.8. The summed E-state index contributed by atoms with van der Waals surface area (Å²) in [7, 11) is 0. The Hall–Kier alpha value is -1.04. The Bertz CT molecular complexity index is 374. The molecule has 4 saturated carbocycles. The van der Waals surface area contributed by atoms with Gasteiger partial charge in [-0.05, 0) is 68.1 Å². The molecule has 1 atom stereocenters. The molecule has 0 spiro atoms. The molecule has 4 bridgehead atoms. The van der Waals surface area contributed by atoms with Crippen molar-refractivity contribution >= 4 is 5.91 Å². The maximum Gasteiger partial charge on any atom is 0.234 e. The van der Waals surface area contributed by atoms with E-state index in [4.69, 9.17) is 5.26 Å². The van der Waals surface area contributed by atoms with Gasteiger partial charge >= 0.3 is 0 Å². The molecule has 0 aliphatic heterocycles. The van der Waals surface area contributed by atoms with E-state index in [9.17, 15) is 4.79 Å². The second-order valence-corrected chi connectivity index (χ2v) is 7.14. The van der Waals surface area contributed by atoms with E-state index in [1.165, 1.54) is 38.5 Å². The first-order valence-electron chi connectivity index (χ1n) is 7.81. The molecule has 0 aromatic carbocycles. The summed E-state index contributed by atoms with van der Waals surface area (Å²) < 4.78 is 0. The van der Waals surface area contributed by atoms with Crippen molar-refractivity contribution in [3.8, 4) is 6.07 Å². The Morgan fingerprint density at radius 1 is 1.26 bits per heavy atom. The number of carbonyl (C=O) groups is 1. The van der Waals surface area contributed by atoms with E-state index < -0.39 is 0 Å². The normalized spacial score (nSPS) is 40.7. The molecule has 0 heterocycles. The second-order valence-electron chi connectivity index (χ2n) is 7.14. The van der Waals surface area contributed by atoms with Crippen molar-refractivity contribution in [2.24, 2.45) is 23.2 Å². The Morgan fingerprint density at radius 3 is 2.21 bits per heavy atom. The lowest BCUT2D eigenvalue weighted by Crippen LogP contribution is -2.56. The number of nitrogens with zero attached hydrogens (tertiary/aromatic N) is 1. The van der Waals surface area contributed by atoms with Crippen LogP contribution in [0.3, 0.4) is 0 Å². The smallest absolute Gasteiger partial charge is 0.234 e.